The van der Waals surface area contributed by atoms with Crippen LogP contribution in [0.15, 0.2) is 0 Å². The monoisotopic (exact) mass is 223 g/mol. The van der Waals surface area contributed by atoms with E-state index in [4.69, 9.17) is 0 Å². The van der Waals surface area contributed by atoms with Crippen LogP contribution in [0, 0.1) is 11.8 Å². The van der Waals surface area contributed by atoms with E-state index in [-0.39, 0.29) is 6.04 Å². The van der Waals surface area contributed by atoms with Crippen LogP contribution >= 0.6 is 0 Å². The van der Waals surface area contributed by atoms with Crippen molar-refractivity contribution in [1.29, 1.82) is 0 Å². The molecule has 0 bridgehead atoms. The fourth-order valence-electron chi connectivity index (χ4n) is 3.50. The largest absolute Gasteiger partial charge is 0.302 e. The van der Waals surface area contributed by atoms with Gasteiger partial charge in [-0.2, -0.15) is 0 Å². The molecule has 0 amide bonds. The van der Waals surface area contributed by atoms with Gasteiger partial charge >= 0.3 is 0 Å². The summed E-state index contributed by atoms with van der Waals surface area (Å²) < 4.78 is 0. The summed E-state index contributed by atoms with van der Waals surface area (Å²) in [5.41, 5.74) is 0. The van der Waals surface area contributed by atoms with E-state index in [2.05, 4.69) is 11.8 Å². The Morgan fingerprint density at radius 2 is 1.88 bits per heavy atom. The molecular weight excluding hydrogens is 198 g/mol. The lowest BCUT2D eigenvalue weighted by Crippen LogP contribution is -2.45. The molecule has 0 radical (unpaired) electrons. The molecular formula is C14H25NO. The van der Waals surface area contributed by atoms with Crippen LogP contribution in [0.1, 0.15) is 51.9 Å². The van der Waals surface area contributed by atoms with Gasteiger partial charge in [-0.3, -0.25) is 4.90 Å². The highest BCUT2D eigenvalue weighted by Crippen LogP contribution is 2.32. The van der Waals surface area contributed by atoms with Crippen molar-refractivity contribution in [1.82, 2.24) is 4.90 Å². The van der Waals surface area contributed by atoms with E-state index in [9.17, 15) is 4.79 Å². The van der Waals surface area contributed by atoms with Gasteiger partial charge in [-0.1, -0.05) is 26.2 Å². The van der Waals surface area contributed by atoms with E-state index in [1.165, 1.54) is 51.2 Å². The highest BCUT2D eigenvalue weighted by molar-refractivity contribution is 5.58. The number of carbonyl (C=O) groups excluding carboxylic acids is 1. The normalized spacial score (nSPS) is 34.6. The molecule has 0 aromatic rings. The summed E-state index contributed by atoms with van der Waals surface area (Å²) in [7, 11) is 0. The minimum atomic E-state index is 0.225. The van der Waals surface area contributed by atoms with Crippen molar-refractivity contribution in [3.05, 3.63) is 0 Å². The minimum Gasteiger partial charge on any atom is -0.302 e. The Morgan fingerprint density at radius 3 is 2.50 bits per heavy atom. The molecule has 1 saturated carbocycles. The van der Waals surface area contributed by atoms with Crippen molar-refractivity contribution in [2.45, 2.75) is 57.9 Å². The van der Waals surface area contributed by atoms with Crippen molar-refractivity contribution in [2.75, 3.05) is 13.1 Å². The molecule has 1 heterocycles. The Bertz CT molecular complexity index is 223. The van der Waals surface area contributed by atoms with Crippen LogP contribution in [0.5, 0.6) is 0 Å². The highest BCUT2D eigenvalue weighted by atomic mass is 16.1. The number of rotatable bonds is 3. The number of hydrogen-bond acceptors (Lipinski definition) is 2. The Hall–Kier alpha value is -0.370. The molecule has 16 heavy (non-hydrogen) atoms. The number of hydrogen-bond donors (Lipinski definition) is 0. The lowest BCUT2D eigenvalue weighted by Gasteiger charge is -2.39. The summed E-state index contributed by atoms with van der Waals surface area (Å²) in [5.74, 6) is 1.46. The maximum Gasteiger partial charge on any atom is 0.137 e. The van der Waals surface area contributed by atoms with Crippen LogP contribution in [-0.4, -0.2) is 30.3 Å². The van der Waals surface area contributed by atoms with E-state index in [0.717, 1.165) is 19.0 Å². The predicted molar refractivity (Wildman–Crippen MR) is 66.4 cm³/mol. The molecule has 0 spiro atoms. The average Bonchev–Trinajstić information content (AvgIpc) is 2.31. The molecule has 2 fully saturated rings. The molecule has 1 saturated heterocycles. The van der Waals surface area contributed by atoms with Crippen LogP contribution in [0.2, 0.25) is 0 Å². The molecule has 2 heteroatoms. The van der Waals surface area contributed by atoms with E-state index >= 15 is 0 Å². The van der Waals surface area contributed by atoms with Crippen LogP contribution < -0.4 is 0 Å². The zero-order valence-electron chi connectivity index (χ0n) is 10.5. The average molecular weight is 223 g/mol. The fraction of sp³-hybridized carbons (Fsp3) is 0.929. The third-order valence-corrected chi connectivity index (χ3v) is 4.41. The third kappa shape index (κ3) is 2.85. The first-order valence-electron chi connectivity index (χ1n) is 7.00. The summed E-state index contributed by atoms with van der Waals surface area (Å²) in [6, 6.07) is 0.225. The van der Waals surface area contributed by atoms with Gasteiger partial charge < -0.3 is 4.79 Å². The first kappa shape index (κ1) is 12.1. The maximum atomic E-state index is 11.4. The Balaban J connectivity index is 1.94. The quantitative estimate of drug-likeness (QED) is 0.686. The first-order chi connectivity index (χ1) is 7.81. The summed E-state index contributed by atoms with van der Waals surface area (Å²) in [6.07, 6.45) is 10.4. The second-order valence-corrected chi connectivity index (χ2v) is 5.76. The third-order valence-electron chi connectivity index (χ3n) is 4.41. The topological polar surface area (TPSA) is 20.3 Å². The first-order valence-corrected chi connectivity index (χ1v) is 7.00. The molecule has 0 aromatic carbocycles. The van der Waals surface area contributed by atoms with Crippen LogP contribution in [0.3, 0.4) is 0 Å². The van der Waals surface area contributed by atoms with Gasteiger partial charge in [0, 0.05) is 0 Å². The smallest absolute Gasteiger partial charge is 0.137 e. The van der Waals surface area contributed by atoms with E-state index in [0.29, 0.717) is 5.92 Å². The van der Waals surface area contributed by atoms with E-state index in [1.54, 1.807) is 0 Å². The van der Waals surface area contributed by atoms with Gasteiger partial charge in [-0.15, -0.1) is 0 Å². The number of carbonyl (C=O) groups is 1. The Kier molecular flexibility index (Phi) is 4.39. The molecule has 0 N–H and O–H groups in total. The van der Waals surface area contributed by atoms with Gasteiger partial charge in [0.05, 0.1) is 6.04 Å². The molecule has 0 aromatic heterocycles. The summed E-state index contributed by atoms with van der Waals surface area (Å²) in [5, 5.41) is 0. The molecule has 1 aliphatic carbocycles. The zero-order chi connectivity index (χ0) is 11.4. The minimum absolute atomic E-state index is 0.225. The molecule has 92 valence electrons. The molecule has 2 rings (SSSR count). The number of nitrogens with zero attached hydrogens (tertiary/aromatic N) is 1. The number of aldehydes is 1. The van der Waals surface area contributed by atoms with Crippen LogP contribution in [0.25, 0.3) is 0 Å². The van der Waals surface area contributed by atoms with Crippen molar-refractivity contribution in [2.24, 2.45) is 11.8 Å². The maximum absolute atomic E-state index is 11.4. The fourth-order valence-corrected chi connectivity index (χ4v) is 3.50. The number of likely N-dealkylation sites (tertiary alicyclic amines) is 1. The van der Waals surface area contributed by atoms with Crippen molar-refractivity contribution in [3.8, 4) is 0 Å². The lowest BCUT2D eigenvalue weighted by atomic mass is 9.78. The summed E-state index contributed by atoms with van der Waals surface area (Å²) >= 11 is 0. The molecule has 2 aliphatic rings. The second-order valence-electron chi connectivity index (χ2n) is 5.76. The van der Waals surface area contributed by atoms with Crippen molar-refractivity contribution < 1.29 is 4.79 Å². The van der Waals surface area contributed by atoms with Gasteiger partial charge in [0.25, 0.3) is 0 Å². The van der Waals surface area contributed by atoms with E-state index in [1.807, 2.05) is 0 Å². The summed E-state index contributed by atoms with van der Waals surface area (Å²) in [6.45, 7) is 4.63. The summed E-state index contributed by atoms with van der Waals surface area (Å²) in [4.78, 5) is 13.8. The standard InChI is InChI=1S/C14H25NO/c1-12-6-5-7-13(10-12)14(11-16)15-8-3-2-4-9-15/h11-14H,2-10H2,1H3. The molecule has 2 nitrogen and oxygen atoms in total. The van der Waals surface area contributed by atoms with E-state index < -0.39 is 0 Å². The lowest BCUT2D eigenvalue weighted by molar-refractivity contribution is -0.115. The van der Waals surface area contributed by atoms with Gasteiger partial charge in [-0.25, -0.2) is 0 Å². The second kappa shape index (κ2) is 5.81. The zero-order valence-corrected chi connectivity index (χ0v) is 10.5. The van der Waals surface area contributed by atoms with Gasteiger partial charge in [0.15, 0.2) is 0 Å². The van der Waals surface area contributed by atoms with Gasteiger partial charge in [-0.05, 0) is 50.6 Å². The van der Waals surface area contributed by atoms with Crippen molar-refractivity contribution >= 4 is 6.29 Å². The highest BCUT2D eigenvalue weighted by Gasteiger charge is 2.31. The van der Waals surface area contributed by atoms with Gasteiger partial charge in [0.2, 0.25) is 0 Å². The van der Waals surface area contributed by atoms with Crippen LogP contribution in [-0.2, 0) is 4.79 Å². The predicted octanol–water partition coefficient (Wildman–Crippen LogP) is 2.87. The van der Waals surface area contributed by atoms with Crippen molar-refractivity contribution in [3.63, 3.8) is 0 Å². The SMILES string of the molecule is CC1CCCC(C(C=O)N2CCCCC2)C1. The molecule has 1 aliphatic heterocycles. The Labute approximate surface area is 99.4 Å². The van der Waals surface area contributed by atoms with Gasteiger partial charge in [0.1, 0.15) is 6.29 Å². The van der Waals surface area contributed by atoms with Crippen LogP contribution in [0.4, 0.5) is 0 Å². The molecule has 3 atom stereocenters. The number of piperidine rings is 1. The molecule has 3 unspecified atom stereocenters. The Morgan fingerprint density at radius 1 is 1.12 bits per heavy atom.